The number of aryl methyl sites for hydroxylation is 3. The summed E-state index contributed by atoms with van der Waals surface area (Å²) in [5.41, 5.74) is 4.19. The number of benzene rings is 1. The molecule has 1 unspecified atom stereocenters. The van der Waals surface area contributed by atoms with Gasteiger partial charge in [0.2, 0.25) is 0 Å². The van der Waals surface area contributed by atoms with Crippen molar-refractivity contribution in [3.05, 3.63) is 68.0 Å². The van der Waals surface area contributed by atoms with Gasteiger partial charge in [0.05, 0.1) is 41.0 Å². The first-order valence-electron chi connectivity index (χ1n) is 11.0. The summed E-state index contributed by atoms with van der Waals surface area (Å²) in [4.78, 5) is 31.2. The lowest BCUT2D eigenvalue weighted by molar-refractivity contribution is 0.0731. The summed E-state index contributed by atoms with van der Waals surface area (Å²) in [6.07, 6.45) is 1.97. The SMILES string of the molecule is COc1cc(C)[nH]c(=O)c1CN1CC(C)n2ccc3cc(-c4c(C)noc4C)c(Cl)c(c32)C1=O. The second-order valence-electron chi connectivity index (χ2n) is 8.84. The molecule has 0 bridgehead atoms. The molecule has 8 nitrogen and oxygen atoms in total. The van der Waals surface area contributed by atoms with Crippen LogP contribution in [0, 0.1) is 20.8 Å². The van der Waals surface area contributed by atoms with Crippen LogP contribution in [0.4, 0.5) is 0 Å². The highest BCUT2D eigenvalue weighted by atomic mass is 35.5. The van der Waals surface area contributed by atoms with Crippen molar-refractivity contribution in [3.63, 3.8) is 0 Å². The molecule has 1 aliphatic rings. The molecule has 176 valence electrons. The first-order valence-corrected chi connectivity index (χ1v) is 11.4. The normalized spacial score (nSPS) is 15.8. The number of aromatic amines is 1. The average Bonchev–Trinajstić information content (AvgIpc) is 3.33. The number of nitrogens with zero attached hydrogens (tertiary/aromatic N) is 3. The van der Waals surface area contributed by atoms with E-state index in [0.29, 0.717) is 51.2 Å². The van der Waals surface area contributed by atoms with Crippen molar-refractivity contribution in [1.29, 1.82) is 0 Å². The van der Waals surface area contributed by atoms with Gasteiger partial charge in [-0.15, -0.1) is 0 Å². The molecule has 1 N–H and O–H groups in total. The number of aromatic nitrogens is 3. The molecular weight excluding hydrogens is 456 g/mol. The van der Waals surface area contributed by atoms with Gasteiger partial charge in [0, 0.05) is 41.0 Å². The second-order valence-corrected chi connectivity index (χ2v) is 9.21. The van der Waals surface area contributed by atoms with Gasteiger partial charge in [-0.2, -0.15) is 0 Å². The number of nitrogens with one attached hydrogen (secondary N) is 1. The Kier molecular flexibility index (Phi) is 5.28. The molecule has 9 heteroatoms. The Hall–Kier alpha value is -3.52. The van der Waals surface area contributed by atoms with Crippen molar-refractivity contribution in [1.82, 2.24) is 19.6 Å². The molecule has 0 fully saturated rings. The number of ether oxygens (including phenoxy) is 1. The van der Waals surface area contributed by atoms with Crippen LogP contribution in [0.5, 0.6) is 5.75 Å². The summed E-state index contributed by atoms with van der Waals surface area (Å²) in [6, 6.07) is 5.70. The number of carbonyl (C=O) groups excluding carboxylic acids is 1. The van der Waals surface area contributed by atoms with Crippen LogP contribution in [0.3, 0.4) is 0 Å². The summed E-state index contributed by atoms with van der Waals surface area (Å²) in [7, 11) is 1.52. The zero-order chi connectivity index (χ0) is 24.3. The van der Waals surface area contributed by atoms with Crippen LogP contribution >= 0.6 is 11.6 Å². The fourth-order valence-electron chi connectivity index (χ4n) is 4.92. The zero-order valence-corrected chi connectivity index (χ0v) is 20.4. The maximum atomic E-state index is 14.0. The van der Waals surface area contributed by atoms with Crippen molar-refractivity contribution >= 4 is 28.4 Å². The van der Waals surface area contributed by atoms with E-state index in [4.69, 9.17) is 20.9 Å². The molecule has 4 heterocycles. The lowest BCUT2D eigenvalue weighted by Gasteiger charge is -2.25. The van der Waals surface area contributed by atoms with Crippen molar-refractivity contribution in [2.45, 2.75) is 40.3 Å². The zero-order valence-electron chi connectivity index (χ0n) is 19.7. The highest BCUT2D eigenvalue weighted by Crippen LogP contribution is 2.42. The van der Waals surface area contributed by atoms with Crippen LogP contribution in [-0.4, -0.2) is 39.2 Å². The smallest absolute Gasteiger partial charge is 0.257 e. The number of rotatable bonds is 4. The average molecular weight is 481 g/mol. The molecule has 1 aliphatic heterocycles. The van der Waals surface area contributed by atoms with Gasteiger partial charge in [-0.3, -0.25) is 9.59 Å². The van der Waals surface area contributed by atoms with E-state index < -0.39 is 0 Å². The van der Waals surface area contributed by atoms with E-state index in [1.165, 1.54) is 7.11 Å². The van der Waals surface area contributed by atoms with Crippen LogP contribution in [0.2, 0.25) is 5.02 Å². The number of hydrogen-bond acceptors (Lipinski definition) is 5. The van der Waals surface area contributed by atoms with Crippen molar-refractivity contribution < 1.29 is 14.1 Å². The fraction of sp³-hybridized carbons (Fsp3) is 0.320. The van der Waals surface area contributed by atoms with Gasteiger partial charge in [0.25, 0.3) is 11.5 Å². The van der Waals surface area contributed by atoms with E-state index >= 15 is 0 Å². The van der Waals surface area contributed by atoms with Gasteiger partial charge in [0.15, 0.2) is 0 Å². The van der Waals surface area contributed by atoms with E-state index in [9.17, 15) is 9.59 Å². The van der Waals surface area contributed by atoms with Crippen LogP contribution in [0.25, 0.3) is 22.0 Å². The van der Waals surface area contributed by atoms with E-state index in [0.717, 1.165) is 16.5 Å². The lowest BCUT2D eigenvalue weighted by atomic mass is 9.98. The number of halogens is 1. The molecule has 4 aromatic rings. The number of methoxy groups -OCH3 is 1. The van der Waals surface area contributed by atoms with E-state index in [2.05, 4.69) is 14.7 Å². The van der Waals surface area contributed by atoms with E-state index in [1.54, 1.807) is 17.9 Å². The summed E-state index contributed by atoms with van der Waals surface area (Å²) < 4.78 is 12.9. The van der Waals surface area contributed by atoms with Gasteiger partial charge in [-0.25, -0.2) is 0 Å². The van der Waals surface area contributed by atoms with Gasteiger partial charge in [0.1, 0.15) is 11.5 Å². The van der Waals surface area contributed by atoms with Crippen molar-refractivity contribution in [2.24, 2.45) is 0 Å². The lowest BCUT2D eigenvalue weighted by Crippen LogP contribution is -2.35. The largest absolute Gasteiger partial charge is 0.496 e. The predicted molar refractivity (Wildman–Crippen MR) is 130 cm³/mol. The fourth-order valence-corrected chi connectivity index (χ4v) is 5.24. The highest BCUT2D eigenvalue weighted by molar-refractivity contribution is 6.38. The molecule has 5 rings (SSSR count). The summed E-state index contributed by atoms with van der Waals surface area (Å²) in [5, 5.41) is 5.31. The molecule has 1 atom stereocenters. The Morgan fingerprint density at radius 1 is 1.24 bits per heavy atom. The molecule has 0 spiro atoms. The molecule has 0 saturated heterocycles. The maximum Gasteiger partial charge on any atom is 0.257 e. The first-order chi connectivity index (χ1) is 16.2. The van der Waals surface area contributed by atoms with E-state index in [-0.39, 0.29) is 24.1 Å². The Balaban J connectivity index is 1.70. The molecule has 1 aromatic carbocycles. The third-order valence-electron chi connectivity index (χ3n) is 6.50. The minimum atomic E-state index is -0.276. The number of carbonyl (C=O) groups is 1. The summed E-state index contributed by atoms with van der Waals surface area (Å²) in [5.74, 6) is 0.841. The third kappa shape index (κ3) is 3.32. The van der Waals surface area contributed by atoms with Crippen molar-refractivity contribution in [2.75, 3.05) is 13.7 Å². The highest BCUT2D eigenvalue weighted by Gasteiger charge is 2.32. The Morgan fingerprint density at radius 2 is 2.00 bits per heavy atom. The number of pyridine rings is 1. The standard InChI is InChI=1S/C25H25ClN4O4/c1-12-8-19(33-5)18(24(31)27-12)11-29-10-13(2)30-7-6-16-9-17(20-14(3)28-34-15(20)4)22(26)21(23(16)30)25(29)32/h6-9,13H,10-11H2,1-5H3,(H,27,31). The predicted octanol–water partition coefficient (Wildman–Crippen LogP) is 4.79. The third-order valence-corrected chi connectivity index (χ3v) is 6.89. The molecular formula is C25H25ClN4O4. The van der Waals surface area contributed by atoms with Gasteiger partial charge in [-0.1, -0.05) is 16.8 Å². The Bertz CT molecular complexity index is 1490. The molecule has 34 heavy (non-hydrogen) atoms. The van der Waals surface area contributed by atoms with Gasteiger partial charge in [-0.05, 0) is 45.9 Å². The summed E-state index contributed by atoms with van der Waals surface area (Å²) in [6.45, 7) is 8.01. The molecule has 0 saturated carbocycles. The number of hydrogen-bond donors (Lipinski definition) is 1. The monoisotopic (exact) mass is 480 g/mol. The van der Waals surface area contributed by atoms with Gasteiger partial charge < -0.3 is 23.7 Å². The summed E-state index contributed by atoms with van der Waals surface area (Å²) >= 11 is 6.96. The molecule has 0 aliphatic carbocycles. The van der Waals surface area contributed by atoms with Crippen LogP contribution in [-0.2, 0) is 6.54 Å². The molecule has 1 amide bonds. The van der Waals surface area contributed by atoms with Gasteiger partial charge >= 0.3 is 0 Å². The first kappa shape index (κ1) is 22.3. The minimum Gasteiger partial charge on any atom is -0.496 e. The van der Waals surface area contributed by atoms with Crippen LogP contribution in [0.15, 0.2) is 33.7 Å². The Labute approximate surface area is 201 Å². The number of amides is 1. The molecule has 3 aromatic heterocycles. The van der Waals surface area contributed by atoms with Crippen LogP contribution < -0.4 is 10.3 Å². The quantitative estimate of drug-likeness (QED) is 0.453. The van der Waals surface area contributed by atoms with Crippen LogP contribution in [0.1, 0.15) is 46.0 Å². The maximum absolute atomic E-state index is 14.0. The van der Waals surface area contributed by atoms with E-state index in [1.807, 2.05) is 39.1 Å². The van der Waals surface area contributed by atoms with Crippen molar-refractivity contribution in [3.8, 4) is 16.9 Å². The minimum absolute atomic E-state index is 0.0285. The number of H-pyrrole nitrogens is 1. The molecule has 0 radical (unpaired) electrons. The second kappa shape index (κ2) is 8.06. The topological polar surface area (TPSA) is 93.4 Å². The Morgan fingerprint density at radius 3 is 2.68 bits per heavy atom.